The lowest BCUT2D eigenvalue weighted by Crippen LogP contribution is -2.59. The predicted molar refractivity (Wildman–Crippen MR) is 94.9 cm³/mol. The zero-order valence-electron chi connectivity index (χ0n) is 14.1. The molecular weight excluding hydrogens is 322 g/mol. The van der Waals surface area contributed by atoms with Gasteiger partial charge in [0.2, 0.25) is 10.0 Å². The molecule has 0 atom stereocenters. The summed E-state index contributed by atoms with van der Waals surface area (Å²) in [6.07, 6.45) is 4.70. The predicted octanol–water partition coefficient (Wildman–Crippen LogP) is 2.04. The topological polar surface area (TPSA) is 53.5 Å². The summed E-state index contributed by atoms with van der Waals surface area (Å²) < 4.78 is 25.9. The maximum absolute atomic E-state index is 12.2. The highest BCUT2D eigenvalue weighted by atomic mass is 32.2. The molecule has 0 N–H and O–H groups in total. The number of pyridine rings is 1. The Morgan fingerprint density at radius 3 is 2.58 bits per heavy atom. The van der Waals surface area contributed by atoms with E-state index in [0.29, 0.717) is 6.54 Å². The van der Waals surface area contributed by atoms with Crippen LogP contribution in [0.2, 0.25) is 0 Å². The first-order valence-corrected chi connectivity index (χ1v) is 9.90. The van der Waals surface area contributed by atoms with Crippen molar-refractivity contribution in [3.63, 3.8) is 0 Å². The van der Waals surface area contributed by atoms with Gasteiger partial charge in [0, 0.05) is 38.6 Å². The summed E-state index contributed by atoms with van der Waals surface area (Å²) in [6, 6.07) is 12.2. The third kappa shape index (κ3) is 4.20. The molecule has 3 rings (SSSR count). The molecule has 1 saturated heterocycles. The lowest BCUT2D eigenvalue weighted by Gasteiger charge is -2.44. The molecule has 1 aliphatic heterocycles. The van der Waals surface area contributed by atoms with Gasteiger partial charge in [-0.2, -0.15) is 4.31 Å². The molecule has 1 aromatic carbocycles. The molecule has 0 bridgehead atoms. The second-order valence-electron chi connectivity index (χ2n) is 6.51. The van der Waals surface area contributed by atoms with E-state index in [1.54, 1.807) is 16.7 Å². The molecule has 2 aromatic rings. The molecule has 1 aromatic heterocycles. The first-order chi connectivity index (χ1) is 11.4. The van der Waals surface area contributed by atoms with E-state index in [2.05, 4.69) is 41.1 Å². The average molecular weight is 345 g/mol. The number of aromatic nitrogens is 1. The summed E-state index contributed by atoms with van der Waals surface area (Å²) in [6.45, 7) is 4.86. The Morgan fingerprint density at radius 1 is 1.21 bits per heavy atom. The SMILES string of the molecule is Cc1cccc(CN2CC(N(Cc3cccnc3)S(C)(=O)=O)C2)c1. The zero-order valence-corrected chi connectivity index (χ0v) is 14.9. The molecular formula is C18H23N3O2S. The van der Waals surface area contributed by atoms with Crippen molar-refractivity contribution >= 4 is 10.0 Å². The minimum Gasteiger partial charge on any atom is -0.296 e. The quantitative estimate of drug-likeness (QED) is 0.804. The van der Waals surface area contributed by atoms with Crippen LogP contribution in [0.3, 0.4) is 0 Å². The van der Waals surface area contributed by atoms with Crippen LogP contribution in [0.15, 0.2) is 48.8 Å². The Hall–Kier alpha value is -1.76. The largest absolute Gasteiger partial charge is 0.296 e. The van der Waals surface area contributed by atoms with Crippen LogP contribution in [0.5, 0.6) is 0 Å². The number of hydrogen-bond acceptors (Lipinski definition) is 4. The van der Waals surface area contributed by atoms with Gasteiger partial charge in [-0.1, -0.05) is 35.9 Å². The molecule has 0 radical (unpaired) electrons. The van der Waals surface area contributed by atoms with Crippen LogP contribution in [-0.4, -0.2) is 48.0 Å². The summed E-state index contributed by atoms with van der Waals surface area (Å²) in [5, 5.41) is 0. The second-order valence-corrected chi connectivity index (χ2v) is 8.44. The van der Waals surface area contributed by atoms with Crippen LogP contribution in [0.4, 0.5) is 0 Å². The molecule has 128 valence electrons. The van der Waals surface area contributed by atoms with Crippen LogP contribution in [0.1, 0.15) is 16.7 Å². The van der Waals surface area contributed by atoms with Gasteiger partial charge >= 0.3 is 0 Å². The molecule has 0 amide bonds. The third-order valence-corrected chi connectivity index (χ3v) is 5.60. The van der Waals surface area contributed by atoms with Crippen molar-refractivity contribution in [2.75, 3.05) is 19.3 Å². The summed E-state index contributed by atoms with van der Waals surface area (Å²) in [5.74, 6) is 0. The number of sulfonamides is 1. The molecule has 0 aliphatic carbocycles. The molecule has 24 heavy (non-hydrogen) atoms. The first kappa shape index (κ1) is 17.1. The van der Waals surface area contributed by atoms with Crippen molar-refractivity contribution < 1.29 is 8.42 Å². The molecule has 1 aliphatic rings. The van der Waals surface area contributed by atoms with Gasteiger partial charge in [-0.25, -0.2) is 8.42 Å². The number of rotatable bonds is 6. The Labute approximate surface area is 144 Å². The summed E-state index contributed by atoms with van der Waals surface area (Å²) >= 11 is 0. The van der Waals surface area contributed by atoms with Crippen LogP contribution in [-0.2, 0) is 23.1 Å². The molecule has 0 saturated carbocycles. The Kier molecular flexibility index (Phi) is 4.99. The molecule has 0 unspecified atom stereocenters. The number of hydrogen-bond donors (Lipinski definition) is 0. The van der Waals surface area contributed by atoms with Crippen molar-refractivity contribution in [3.05, 3.63) is 65.5 Å². The van der Waals surface area contributed by atoms with Gasteiger partial charge in [0.15, 0.2) is 0 Å². The second kappa shape index (κ2) is 7.01. The number of likely N-dealkylation sites (tertiary alicyclic amines) is 1. The van der Waals surface area contributed by atoms with E-state index in [1.165, 1.54) is 17.4 Å². The minimum absolute atomic E-state index is 0.0324. The van der Waals surface area contributed by atoms with Gasteiger partial charge in [0.1, 0.15) is 0 Å². The molecule has 5 nitrogen and oxygen atoms in total. The van der Waals surface area contributed by atoms with E-state index >= 15 is 0 Å². The van der Waals surface area contributed by atoms with E-state index in [4.69, 9.17) is 0 Å². The zero-order chi connectivity index (χ0) is 17.2. The number of aryl methyl sites for hydroxylation is 1. The molecule has 0 spiro atoms. The van der Waals surface area contributed by atoms with Crippen LogP contribution < -0.4 is 0 Å². The van der Waals surface area contributed by atoms with Crippen molar-refractivity contribution in [1.29, 1.82) is 0 Å². The van der Waals surface area contributed by atoms with Crippen LogP contribution in [0, 0.1) is 6.92 Å². The number of benzene rings is 1. The molecule has 2 heterocycles. The van der Waals surface area contributed by atoms with E-state index in [-0.39, 0.29) is 6.04 Å². The Bertz CT molecular complexity index is 787. The van der Waals surface area contributed by atoms with Crippen molar-refractivity contribution in [2.45, 2.75) is 26.1 Å². The first-order valence-electron chi connectivity index (χ1n) is 8.05. The van der Waals surface area contributed by atoms with Crippen molar-refractivity contribution in [2.24, 2.45) is 0 Å². The van der Waals surface area contributed by atoms with Crippen molar-refractivity contribution in [1.82, 2.24) is 14.2 Å². The van der Waals surface area contributed by atoms with Crippen molar-refractivity contribution in [3.8, 4) is 0 Å². The van der Waals surface area contributed by atoms with Gasteiger partial charge in [-0.05, 0) is 24.1 Å². The van der Waals surface area contributed by atoms with E-state index in [9.17, 15) is 8.42 Å². The van der Waals surface area contributed by atoms with Gasteiger partial charge < -0.3 is 0 Å². The fourth-order valence-electron chi connectivity index (χ4n) is 3.11. The van der Waals surface area contributed by atoms with Gasteiger partial charge in [0.05, 0.1) is 12.3 Å². The van der Waals surface area contributed by atoms with Crippen LogP contribution in [0.25, 0.3) is 0 Å². The highest BCUT2D eigenvalue weighted by Gasteiger charge is 2.36. The average Bonchev–Trinajstić information content (AvgIpc) is 2.49. The lowest BCUT2D eigenvalue weighted by molar-refractivity contribution is 0.0698. The fourth-order valence-corrected chi connectivity index (χ4v) is 4.17. The van der Waals surface area contributed by atoms with Crippen LogP contribution >= 0.6 is 0 Å². The third-order valence-electron chi connectivity index (χ3n) is 4.32. The smallest absolute Gasteiger partial charge is 0.211 e. The maximum Gasteiger partial charge on any atom is 0.211 e. The Morgan fingerprint density at radius 2 is 1.96 bits per heavy atom. The van der Waals surface area contributed by atoms with E-state index < -0.39 is 10.0 Å². The highest BCUT2D eigenvalue weighted by Crippen LogP contribution is 2.22. The lowest BCUT2D eigenvalue weighted by atomic mass is 10.1. The van der Waals surface area contributed by atoms with Gasteiger partial charge in [-0.15, -0.1) is 0 Å². The monoisotopic (exact) mass is 345 g/mol. The van der Waals surface area contributed by atoms with Gasteiger partial charge in [-0.3, -0.25) is 9.88 Å². The standard InChI is InChI=1S/C18H23N3O2S/c1-15-5-3-6-16(9-15)11-20-13-18(14-20)21(24(2,22)23)12-17-7-4-8-19-10-17/h3-10,18H,11-14H2,1-2H3. The summed E-state index contributed by atoms with van der Waals surface area (Å²) in [7, 11) is -3.25. The molecule has 1 fully saturated rings. The fraction of sp³-hybridized carbons (Fsp3) is 0.389. The summed E-state index contributed by atoms with van der Waals surface area (Å²) in [5.41, 5.74) is 3.44. The minimum atomic E-state index is -3.25. The van der Waals surface area contributed by atoms with E-state index in [0.717, 1.165) is 25.2 Å². The number of nitrogens with zero attached hydrogens (tertiary/aromatic N) is 3. The normalized spacial score (nSPS) is 16.3. The summed E-state index contributed by atoms with van der Waals surface area (Å²) in [4.78, 5) is 6.35. The maximum atomic E-state index is 12.2. The van der Waals surface area contributed by atoms with Gasteiger partial charge in [0.25, 0.3) is 0 Å². The highest BCUT2D eigenvalue weighted by molar-refractivity contribution is 7.88. The molecule has 6 heteroatoms. The Balaban J connectivity index is 1.62. The van der Waals surface area contributed by atoms with E-state index in [1.807, 2.05) is 12.1 Å².